The van der Waals surface area contributed by atoms with Crippen LogP contribution in [0.1, 0.15) is 21.7 Å². The number of hydrogen-bond donors (Lipinski definition) is 1. The molecule has 1 aliphatic rings. The SMILES string of the molecule is Cc1ccc(C(=O)C(=O)N2CCN(CC(=O)Nc3cc(C)on3)CC2)cc1. The molecular weight excluding hydrogens is 348 g/mol. The van der Waals surface area contributed by atoms with E-state index in [9.17, 15) is 14.4 Å². The molecule has 0 spiro atoms. The van der Waals surface area contributed by atoms with Gasteiger partial charge in [0.2, 0.25) is 11.7 Å². The number of aryl methyl sites for hydroxylation is 2. The van der Waals surface area contributed by atoms with Crippen LogP contribution in [0, 0.1) is 13.8 Å². The molecule has 8 heteroatoms. The van der Waals surface area contributed by atoms with Crippen LogP contribution in [0.5, 0.6) is 0 Å². The first-order valence-corrected chi connectivity index (χ1v) is 8.78. The summed E-state index contributed by atoms with van der Waals surface area (Å²) in [6, 6.07) is 8.61. The fraction of sp³-hybridized carbons (Fsp3) is 0.368. The van der Waals surface area contributed by atoms with E-state index in [-0.39, 0.29) is 12.5 Å². The Hall–Kier alpha value is -3.00. The molecule has 2 amide bonds. The Morgan fingerprint density at radius 2 is 1.74 bits per heavy atom. The molecule has 0 saturated carbocycles. The van der Waals surface area contributed by atoms with Crippen molar-refractivity contribution < 1.29 is 18.9 Å². The zero-order valence-corrected chi connectivity index (χ0v) is 15.4. The van der Waals surface area contributed by atoms with Crippen LogP contribution in [0.2, 0.25) is 0 Å². The van der Waals surface area contributed by atoms with Gasteiger partial charge in [0.1, 0.15) is 5.76 Å². The Balaban J connectivity index is 1.48. The first kappa shape index (κ1) is 18.8. The highest BCUT2D eigenvalue weighted by molar-refractivity contribution is 6.42. The third kappa shape index (κ3) is 4.79. The molecule has 1 aromatic heterocycles. The van der Waals surface area contributed by atoms with Gasteiger partial charge in [-0.2, -0.15) is 0 Å². The van der Waals surface area contributed by atoms with Gasteiger partial charge in [-0.15, -0.1) is 0 Å². The first-order chi connectivity index (χ1) is 12.9. The third-order valence-electron chi connectivity index (χ3n) is 4.43. The van der Waals surface area contributed by atoms with Crippen LogP contribution in [0.25, 0.3) is 0 Å². The molecule has 142 valence electrons. The molecule has 0 radical (unpaired) electrons. The Kier molecular flexibility index (Phi) is 5.66. The maximum atomic E-state index is 12.4. The van der Waals surface area contributed by atoms with Crippen LogP contribution >= 0.6 is 0 Å². The lowest BCUT2D eigenvalue weighted by atomic mass is 10.1. The highest BCUT2D eigenvalue weighted by Crippen LogP contribution is 2.10. The van der Waals surface area contributed by atoms with Crippen LogP contribution < -0.4 is 5.32 Å². The summed E-state index contributed by atoms with van der Waals surface area (Å²) < 4.78 is 4.91. The molecule has 3 rings (SSSR count). The summed E-state index contributed by atoms with van der Waals surface area (Å²) in [6.07, 6.45) is 0. The average molecular weight is 370 g/mol. The molecular formula is C19H22N4O4. The van der Waals surface area contributed by atoms with Crippen molar-refractivity contribution in [3.63, 3.8) is 0 Å². The number of hydrogen-bond acceptors (Lipinski definition) is 6. The van der Waals surface area contributed by atoms with Crippen molar-refractivity contribution in [3.8, 4) is 0 Å². The van der Waals surface area contributed by atoms with Gasteiger partial charge in [-0.25, -0.2) is 0 Å². The van der Waals surface area contributed by atoms with Gasteiger partial charge in [-0.05, 0) is 13.8 Å². The highest BCUT2D eigenvalue weighted by atomic mass is 16.5. The summed E-state index contributed by atoms with van der Waals surface area (Å²) in [4.78, 5) is 40.3. The summed E-state index contributed by atoms with van der Waals surface area (Å²) in [6.45, 7) is 5.74. The van der Waals surface area contributed by atoms with Gasteiger partial charge >= 0.3 is 0 Å². The molecule has 1 fully saturated rings. The number of carbonyl (C=O) groups excluding carboxylic acids is 3. The van der Waals surface area contributed by atoms with E-state index >= 15 is 0 Å². The third-order valence-corrected chi connectivity index (χ3v) is 4.43. The van der Waals surface area contributed by atoms with Crippen molar-refractivity contribution in [2.75, 3.05) is 38.0 Å². The maximum Gasteiger partial charge on any atom is 0.295 e. The summed E-state index contributed by atoms with van der Waals surface area (Å²) in [5.74, 6) is -0.187. The molecule has 0 aliphatic carbocycles. The lowest BCUT2D eigenvalue weighted by Crippen LogP contribution is -2.52. The largest absolute Gasteiger partial charge is 0.360 e. The lowest BCUT2D eigenvalue weighted by Gasteiger charge is -2.33. The summed E-state index contributed by atoms with van der Waals surface area (Å²) in [5.41, 5.74) is 1.43. The summed E-state index contributed by atoms with van der Waals surface area (Å²) in [7, 11) is 0. The van der Waals surface area contributed by atoms with E-state index in [2.05, 4.69) is 10.5 Å². The molecule has 1 aliphatic heterocycles. The minimum absolute atomic E-state index is 0.194. The number of anilines is 1. The van der Waals surface area contributed by atoms with E-state index in [0.717, 1.165) is 5.56 Å². The predicted octanol–water partition coefficient (Wildman–Crippen LogP) is 1.26. The second-order valence-corrected chi connectivity index (χ2v) is 6.63. The van der Waals surface area contributed by atoms with Gasteiger partial charge in [0.05, 0.1) is 6.54 Å². The molecule has 2 aromatic rings. The Morgan fingerprint density at radius 3 is 2.33 bits per heavy atom. The number of amides is 2. The zero-order valence-electron chi connectivity index (χ0n) is 15.4. The quantitative estimate of drug-likeness (QED) is 0.629. The number of ketones is 1. The van der Waals surface area contributed by atoms with Crippen LogP contribution in [0.3, 0.4) is 0 Å². The van der Waals surface area contributed by atoms with Crippen molar-refractivity contribution in [1.29, 1.82) is 0 Å². The van der Waals surface area contributed by atoms with Crippen molar-refractivity contribution in [1.82, 2.24) is 15.0 Å². The molecule has 1 N–H and O–H groups in total. The number of nitrogens with zero attached hydrogens (tertiary/aromatic N) is 3. The Labute approximate surface area is 157 Å². The molecule has 1 saturated heterocycles. The second kappa shape index (κ2) is 8.13. The maximum absolute atomic E-state index is 12.4. The van der Waals surface area contributed by atoms with Crippen LogP contribution in [0.4, 0.5) is 5.82 Å². The molecule has 1 aromatic carbocycles. The number of benzene rings is 1. The predicted molar refractivity (Wildman–Crippen MR) is 98.4 cm³/mol. The normalized spacial score (nSPS) is 14.8. The standard InChI is InChI=1S/C19H22N4O4/c1-13-3-5-15(6-4-13)18(25)19(26)23-9-7-22(8-10-23)12-17(24)20-16-11-14(2)27-21-16/h3-6,11H,7-10,12H2,1-2H3,(H,20,21,24). The summed E-state index contributed by atoms with van der Waals surface area (Å²) >= 11 is 0. The topological polar surface area (TPSA) is 95.8 Å². The van der Waals surface area contributed by atoms with Gasteiger partial charge in [-0.1, -0.05) is 35.0 Å². The Bertz CT molecular complexity index is 836. The minimum Gasteiger partial charge on any atom is -0.360 e. The number of rotatable bonds is 5. The molecule has 0 atom stereocenters. The molecule has 27 heavy (non-hydrogen) atoms. The van der Waals surface area contributed by atoms with Gasteiger partial charge in [0, 0.05) is 37.8 Å². The van der Waals surface area contributed by atoms with E-state index in [1.807, 2.05) is 24.0 Å². The zero-order chi connectivity index (χ0) is 19.4. The van der Waals surface area contributed by atoms with Crippen molar-refractivity contribution in [3.05, 3.63) is 47.2 Å². The van der Waals surface area contributed by atoms with Crippen molar-refractivity contribution in [2.45, 2.75) is 13.8 Å². The molecule has 8 nitrogen and oxygen atoms in total. The van der Waals surface area contributed by atoms with Crippen LogP contribution in [-0.4, -0.2) is 65.3 Å². The van der Waals surface area contributed by atoms with Gasteiger partial charge < -0.3 is 14.7 Å². The molecule has 0 unspecified atom stereocenters. The van der Waals surface area contributed by atoms with Gasteiger partial charge in [0.25, 0.3) is 5.91 Å². The van der Waals surface area contributed by atoms with Crippen molar-refractivity contribution >= 4 is 23.4 Å². The average Bonchev–Trinajstić information content (AvgIpc) is 3.06. The number of Topliss-reactive ketones (excluding diaryl/α,β-unsaturated/α-hetero) is 1. The molecule has 2 heterocycles. The van der Waals surface area contributed by atoms with E-state index in [1.165, 1.54) is 4.90 Å². The lowest BCUT2D eigenvalue weighted by molar-refractivity contribution is -0.128. The second-order valence-electron chi connectivity index (χ2n) is 6.63. The van der Waals surface area contributed by atoms with Crippen molar-refractivity contribution in [2.24, 2.45) is 0 Å². The smallest absolute Gasteiger partial charge is 0.295 e. The number of aromatic nitrogens is 1. The van der Waals surface area contributed by atoms with E-state index in [0.29, 0.717) is 43.3 Å². The number of nitrogens with one attached hydrogen (secondary N) is 1. The van der Waals surface area contributed by atoms with E-state index < -0.39 is 11.7 Å². The highest BCUT2D eigenvalue weighted by Gasteiger charge is 2.27. The van der Waals surface area contributed by atoms with Crippen LogP contribution in [0.15, 0.2) is 34.9 Å². The number of carbonyl (C=O) groups is 3. The number of piperazine rings is 1. The first-order valence-electron chi connectivity index (χ1n) is 8.78. The Morgan fingerprint density at radius 1 is 1.07 bits per heavy atom. The monoisotopic (exact) mass is 370 g/mol. The molecule has 0 bridgehead atoms. The van der Waals surface area contributed by atoms with E-state index in [4.69, 9.17) is 4.52 Å². The van der Waals surface area contributed by atoms with Gasteiger partial charge in [0.15, 0.2) is 5.82 Å². The van der Waals surface area contributed by atoms with E-state index in [1.54, 1.807) is 25.1 Å². The minimum atomic E-state index is -0.499. The fourth-order valence-electron chi connectivity index (χ4n) is 2.89. The summed E-state index contributed by atoms with van der Waals surface area (Å²) in [5, 5.41) is 6.39. The van der Waals surface area contributed by atoms with Crippen LogP contribution in [-0.2, 0) is 9.59 Å². The fourth-order valence-corrected chi connectivity index (χ4v) is 2.89. The van der Waals surface area contributed by atoms with Gasteiger partial charge in [-0.3, -0.25) is 19.3 Å².